The smallest absolute Gasteiger partial charge is 0.331 e. The molecule has 0 unspecified atom stereocenters. The molecule has 0 saturated heterocycles. The fraction of sp³-hybridized carbons (Fsp3) is 0.250. The van der Waals surface area contributed by atoms with Gasteiger partial charge in [0.2, 0.25) is 5.78 Å². The molecule has 2 aromatic heterocycles. The lowest BCUT2D eigenvalue weighted by Gasteiger charge is -2.02. The number of aryl methyl sites for hydroxylation is 2. The summed E-state index contributed by atoms with van der Waals surface area (Å²) >= 11 is 0. The van der Waals surface area contributed by atoms with E-state index in [0.717, 1.165) is 16.5 Å². The predicted molar refractivity (Wildman–Crippen MR) is 117 cm³/mol. The molecule has 158 valence electrons. The molecule has 0 aliphatic heterocycles. The number of aromatic amines is 1. The van der Waals surface area contributed by atoms with Crippen LogP contribution in [0.1, 0.15) is 51.0 Å². The molecule has 0 atom stereocenters. The number of carbonyl (C=O) groups is 3. The number of benzene rings is 1. The van der Waals surface area contributed by atoms with E-state index in [2.05, 4.69) is 11.1 Å². The number of nitrogens with one attached hydrogen (secondary N) is 1. The molecular formula is C24H23N3O4. The molecule has 3 rings (SSSR count). The highest BCUT2D eigenvalue weighted by Gasteiger charge is 2.20. The van der Waals surface area contributed by atoms with E-state index in [1.54, 1.807) is 19.9 Å². The van der Waals surface area contributed by atoms with Gasteiger partial charge in [-0.25, -0.2) is 4.79 Å². The summed E-state index contributed by atoms with van der Waals surface area (Å²) in [6.45, 7) is 4.99. The summed E-state index contributed by atoms with van der Waals surface area (Å²) in [5.41, 5.74) is 3.74. The maximum absolute atomic E-state index is 12.4. The van der Waals surface area contributed by atoms with Crippen LogP contribution in [0.25, 0.3) is 17.0 Å². The molecule has 0 fully saturated rings. The van der Waals surface area contributed by atoms with E-state index >= 15 is 0 Å². The van der Waals surface area contributed by atoms with Gasteiger partial charge >= 0.3 is 5.97 Å². The topological polar surface area (TPSA) is 105 Å². The molecule has 7 heteroatoms. The Labute approximate surface area is 179 Å². The number of esters is 1. The van der Waals surface area contributed by atoms with Crippen molar-refractivity contribution in [3.63, 3.8) is 0 Å². The van der Waals surface area contributed by atoms with Gasteiger partial charge < -0.3 is 14.3 Å². The second-order valence-electron chi connectivity index (χ2n) is 7.25. The average Bonchev–Trinajstić information content (AvgIpc) is 3.25. The van der Waals surface area contributed by atoms with Gasteiger partial charge in [-0.15, -0.1) is 0 Å². The molecule has 0 amide bonds. The first-order chi connectivity index (χ1) is 14.8. The number of hydrogen-bond acceptors (Lipinski definition) is 5. The van der Waals surface area contributed by atoms with Crippen LogP contribution in [0.4, 0.5) is 0 Å². The molecule has 0 aliphatic carbocycles. The van der Waals surface area contributed by atoms with E-state index in [9.17, 15) is 14.4 Å². The minimum absolute atomic E-state index is 0.126. The number of rotatable bonds is 8. The van der Waals surface area contributed by atoms with Crippen LogP contribution >= 0.6 is 0 Å². The molecule has 2 heterocycles. The van der Waals surface area contributed by atoms with Crippen LogP contribution in [0.2, 0.25) is 0 Å². The van der Waals surface area contributed by atoms with Crippen LogP contribution in [0.3, 0.4) is 0 Å². The third kappa shape index (κ3) is 4.64. The number of carbonyl (C=O) groups excluding carboxylic acids is 3. The van der Waals surface area contributed by atoms with Gasteiger partial charge in [-0.1, -0.05) is 18.2 Å². The minimum atomic E-state index is -0.644. The fourth-order valence-electron chi connectivity index (χ4n) is 3.74. The lowest BCUT2D eigenvalue weighted by atomic mass is 10.1. The molecule has 0 bridgehead atoms. The van der Waals surface area contributed by atoms with Crippen LogP contribution in [-0.4, -0.2) is 33.7 Å². The summed E-state index contributed by atoms with van der Waals surface area (Å²) in [6.07, 6.45) is 5.17. The van der Waals surface area contributed by atoms with E-state index in [-0.39, 0.29) is 11.5 Å². The maximum atomic E-state index is 12.4. The molecule has 1 N–H and O–H groups in total. The molecule has 0 radical (unpaired) electrons. The Balaban J connectivity index is 1.69. The molecule has 31 heavy (non-hydrogen) atoms. The quantitative estimate of drug-likeness (QED) is 0.337. The summed E-state index contributed by atoms with van der Waals surface area (Å²) in [5, 5.41) is 9.80. The number of H-pyrrole nitrogens is 1. The minimum Gasteiger partial charge on any atom is -0.454 e. The molecular weight excluding hydrogens is 394 g/mol. The Morgan fingerprint density at radius 2 is 1.97 bits per heavy atom. The molecule has 0 aliphatic rings. The Bertz CT molecular complexity index is 1240. The highest BCUT2D eigenvalue weighted by molar-refractivity contribution is 6.04. The summed E-state index contributed by atoms with van der Waals surface area (Å²) < 4.78 is 7.07. The van der Waals surface area contributed by atoms with Crippen LogP contribution < -0.4 is 0 Å². The number of nitrogens with zero attached hydrogens (tertiary/aromatic N) is 2. The van der Waals surface area contributed by atoms with Gasteiger partial charge in [0.15, 0.2) is 12.4 Å². The van der Waals surface area contributed by atoms with Crippen molar-refractivity contribution < 1.29 is 19.1 Å². The maximum Gasteiger partial charge on any atom is 0.331 e. The lowest BCUT2D eigenvalue weighted by molar-refractivity contribution is -0.136. The van der Waals surface area contributed by atoms with Gasteiger partial charge in [0, 0.05) is 46.5 Å². The van der Waals surface area contributed by atoms with Gasteiger partial charge in [0.05, 0.1) is 18.2 Å². The standard InChI is InChI=1S/C24H23N3O4/c1-15-23(17(3)28)16(2)26-24(15)21(29)14-31-22(30)10-9-18-13-27(12-6-11-25)20-8-5-4-7-19(18)20/h4-5,7-10,13,26H,6,12,14H2,1-3H3/b10-9+. The monoisotopic (exact) mass is 417 g/mol. The highest BCUT2D eigenvalue weighted by atomic mass is 16.5. The Morgan fingerprint density at radius 3 is 2.65 bits per heavy atom. The number of nitriles is 1. The van der Waals surface area contributed by atoms with E-state index in [1.807, 2.05) is 35.0 Å². The number of hydrogen-bond donors (Lipinski definition) is 1. The van der Waals surface area contributed by atoms with Crippen LogP contribution in [0.5, 0.6) is 0 Å². The summed E-state index contributed by atoms with van der Waals surface area (Å²) in [4.78, 5) is 39.2. The molecule has 1 aromatic carbocycles. The number of aromatic nitrogens is 2. The lowest BCUT2D eigenvalue weighted by Crippen LogP contribution is -2.14. The van der Waals surface area contributed by atoms with Crippen molar-refractivity contribution in [2.24, 2.45) is 0 Å². The third-order valence-corrected chi connectivity index (χ3v) is 5.10. The Hall–Kier alpha value is -3.92. The SMILES string of the molecule is CC(=O)c1c(C)[nH]c(C(=O)COC(=O)/C=C/c2cn(CCC#N)c3ccccc23)c1C. The number of ketones is 2. The van der Waals surface area contributed by atoms with Gasteiger partial charge in [-0.3, -0.25) is 9.59 Å². The van der Waals surface area contributed by atoms with Gasteiger partial charge in [-0.2, -0.15) is 5.26 Å². The summed E-state index contributed by atoms with van der Waals surface area (Å²) in [6, 6.07) is 9.85. The Morgan fingerprint density at radius 1 is 1.23 bits per heavy atom. The molecule has 0 saturated carbocycles. The summed E-state index contributed by atoms with van der Waals surface area (Å²) in [5.74, 6) is -1.17. The van der Waals surface area contributed by atoms with Crippen molar-refractivity contribution in [3.8, 4) is 6.07 Å². The van der Waals surface area contributed by atoms with Crippen molar-refractivity contribution in [1.82, 2.24) is 9.55 Å². The first kappa shape index (κ1) is 21.8. The van der Waals surface area contributed by atoms with Crippen LogP contribution in [-0.2, 0) is 16.1 Å². The fourth-order valence-corrected chi connectivity index (χ4v) is 3.74. The van der Waals surface area contributed by atoms with Crippen LogP contribution in [0, 0.1) is 25.2 Å². The zero-order valence-corrected chi connectivity index (χ0v) is 17.7. The molecule has 7 nitrogen and oxygen atoms in total. The average molecular weight is 417 g/mol. The number of ether oxygens (including phenoxy) is 1. The van der Waals surface area contributed by atoms with E-state index in [4.69, 9.17) is 10.00 Å². The zero-order chi connectivity index (χ0) is 22.5. The van der Waals surface area contributed by atoms with E-state index < -0.39 is 18.4 Å². The summed E-state index contributed by atoms with van der Waals surface area (Å²) in [7, 11) is 0. The predicted octanol–water partition coefficient (Wildman–Crippen LogP) is 4.14. The second kappa shape index (κ2) is 9.26. The van der Waals surface area contributed by atoms with Gasteiger partial charge in [0.1, 0.15) is 0 Å². The largest absolute Gasteiger partial charge is 0.454 e. The number of fused-ring (bicyclic) bond motifs is 1. The van der Waals surface area contributed by atoms with Crippen molar-refractivity contribution in [1.29, 1.82) is 5.26 Å². The normalized spacial score (nSPS) is 11.0. The zero-order valence-electron chi connectivity index (χ0n) is 17.7. The first-order valence-corrected chi connectivity index (χ1v) is 9.86. The molecule has 3 aromatic rings. The highest BCUT2D eigenvalue weighted by Crippen LogP contribution is 2.23. The van der Waals surface area contributed by atoms with E-state index in [1.165, 1.54) is 13.0 Å². The van der Waals surface area contributed by atoms with Gasteiger partial charge in [0.25, 0.3) is 0 Å². The van der Waals surface area contributed by atoms with Crippen molar-refractivity contribution >= 4 is 34.5 Å². The van der Waals surface area contributed by atoms with Crippen molar-refractivity contribution in [2.75, 3.05) is 6.61 Å². The Kier molecular flexibility index (Phi) is 6.51. The van der Waals surface area contributed by atoms with E-state index in [0.29, 0.717) is 29.8 Å². The number of Topliss-reactive ketones (excluding diaryl/α,β-unsaturated/α-hetero) is 2. The number of para-hydroxylation sites is 1. The van der Waals surface area contributed by atoms with Crippen LogP contribution in [0.15, 0.2) is 36.5 Å². The second-order valence-corrected chi connectivity index (χ2v) is 7.25. The third-order valence-electron chi connectivity index (χ3n) is 5.10. The first-order valence-electron chi connectivity index (χ1n) is 9.86. The van der Waals surface area contributed by atoms with Crippen molar-refractivity contribution in [2.45, 2.75) is 33.7 Å². The van der Waals surface area contributed by atoms with Crippen molar-refractivity contribution in [3.05, 3.63) is 64.6 Å². The van der Waals surface area contributed by atoms with Gasteiger partial charge in [-0.05, 0) is 38.5 Å². The molecule has 0 spiro atoms.